The molecule has 3 heteroatoms. The smallest absolute Gasteiger partial charge is 0.216 e. The van der Waals surface area contributed by atoms with Crippen molar-refractivity contribution < 1.29 is 9.84 Å². The molecule has 1 atom stereocenters. The van der Waals surface area contributed by atoms with Gasteiger partial charge in [-0.1, -0.05) is 6.92 Å². The van der Waals surface area contributed by atoms with E-state index < -0.39 is 6.41 Å². The molecule has 0 heterocycles. The molecule has 84 valence electrons. The Balaban J connectivity index is 2.33. The predicted octanol–water partition coefficient (Wildman–Crippen LogP) is 1.81. The van der Waals surface area contributed by atoms with Crippen LogP contribution in [0, 0.1) is 5.92 Å². The van der Waals surface area contributed by atoms with Crippen LogP contribution in [-0.2, 0) is 4.74 Å². The van der Waals surface area contributed by atoms with Gasteiger partial charge in [-0.2, -0.15) is 0 Å². The van der Waals surface area contributed by atoms with Crippen molar-refractivity contribution in [2.24, 2.45) is 5.92 Å². The molecule has 0 amide bonds. The summed E-state index contributed by atoms with van der Waals surface area (Å²) in [7, 11) is 1.92. The third-order valence-corrected chi connectivity index (χ3v) is 2.73. The summed E-state index contributed by atoms with van der Waals surface area (Å²) in [4.78, 5) is 1.92. The molecule has 1 aliphatic carbocycles. The zero-order valence-electron chi connectivity index (χ0n) is 9.95. The van der Waals surface area contributed by atoms with Crippen molar-refractivity contribution in [3.8, 4) is 0 Å². The van der Waals surface area contributed by atoms with Crippen molar-refractivity contribution in [2.75, 3.05) is 7.05 Å². The number of ether oxygens (including phenoxy) is 1. The van der Waals surface area contributed by atoms with Gasteiger partial charge in [0.2, 0.25) is 6.41 Å². The Labute approximate surface area is 87.1 Å². The maximum Gasteiger partial charge on any atom is 0.216 e. The molecular formula is C11H23NO2. The van der Waals surface area contributed by atoms with Gasteiger partial charge < -0.3 is 9.84 Å². The van der Waals surface area contributed by atoms with Gasteiger partial charge in [0.05, 0.1) is 5.60 Å². The first-order chi connectivity index (χ1) is 6.29. The first-order valence-electron chi connectivity index (χ1n) is 5.37. The van der Waals surface area contributed by atoms with E-state index in [2.05, 4.69) is 6.92 Å². The standard InChI is InChI=1S/C11H23NO2/c1-8-6-9(7-8)12(5)10(13)14-11(2,3)4/h8-10,13H,6-7H2,1-5H3. The summed E-state index contributed by atoms with van der Waals surface area (Å²) < 4.78 is 5.47. The molecule has 1 N–H and O–H groups in total. The van der Waals surface area contributed by atoms with E-state index in [1.165, 1.54) is 12.8 Å². The number of rotatable bonds is 3. The molecular weight excluding hydrogens is 178 g/mol. The quantitative estimate of drug-likeness (QED) is 0.707. The Morgan fingerprint density at radius 3 is 2.21 bits per heavy atom. The molecule has 0 aliphatic heterocycles. The van der Waals surface area contributed by atoms with Crippen LogP contribution in [-0.4, -0.2) is 35.1 Å². The molecule has 1 fully saturated rings. The van der Waals surface area contributed by atoms with Crippen LogP contribution in [0.4, 0.5) is 0 Å². The molecule has 14 heavy (non-hydrogen) atoms. The minimum Gasteiger partial charge on any atom is -0.356 e. The van der Waals surface area contributed by atoms with Gasteiger partial charge in [-0.15, -0.1) is 0 Å². The van der Waals surface area contributed by atoms with E-state index in [9.17, 15) is 5.11 Å². The molecule has 0 radical (unpaired) electrons. The van der Waals surface area contributed by atoms with Crippen molar-refractivity contribution in [3.63, 3.8) is 0 Å². The van der Waals surface area contributed by atoms with Crippen LogP contribution in [0.1, 0.15) is 40.5 Å². The van der Waals surface area contributed by atoms with E-state index in [0.717, 1.165) is 5.92 Å². The molecule has 1 aliphatic rings. The Morgan fingerprint density at radius 2 is 1.86 bits per heavy atom. The van der Waals surface area contributed by atoms with Gasteiger partial charge in [-0.05, 0) is 46.6 Å². The topological polar surface area (TPSA) is 32.7 Å². The minimum atomic E-state index is -0.771. The molecule has 0 aromatic rings. The fourth-order valence-corrected chi connectivity index (χ4v) is 1.77. The lowest BCUT2D eigenvalue weighted by Gasteiger charge is -2.42. The first-order valence-corrected chi connectivity index (χ1v) is 5.37. The Kier molecular flexibility index (Phi) is 3.56. The van der Waals surface area contributed by atoms with E-state index in [1.54, 1.807) is 0 Å². The molecule has 1 rings (SSSR count). The van der Waals surface area contributed by atoms with Crippen molar-refractivity contribution in [2.45, 2.75) is 58.6 Å². The number of hydrogen-bond donors (Lipinski definition) is 1. The van der Waals surface area contributed by atoms with E-state index in [0.29, 0.717) is 6.04 Å². The van der Waals surface area contributed by atoms with Gasteiger partial charge in [-0.25, -0.2) is 0 Å². The zero-order valence-corrected chi connectivity index (χ0v) is 9.95. The average Bonchev–Trinajstić information content (AvgIpc) is 1.94. The monoisotopic (exact) mass is 201 g/mol. The maximum atomic E-state index is 9.78. The van der Waals surface area contributed by atoms with Gasteiger partial charge in [0.25, 0.3) is 0 Å². The Hall–Kier alpha value is -0.120. The summed E-state index contributed by atoms with van der Waals surface area (Å²) in [5, 5.41) is 9.78. The number of aliphatic hydroxyl groups is 1. The van der Waals surface area contributed by atoms with Crippen molar-refractivity contribution in [3.05, 3.63) is 0 Å². The summed E-state index contributed by atoms with van der Waals surface area (Å²) in [5.41, 5.74) is -0.289. The van der Waals surface area contributed by atoms with E-state index in [4.69, 9.17) is 4.74 Å². The number of hydrogen-bond acceptors (Lipinski definition) is 3. The largest absolute Gasteiger partial charge is 0.356 e. The summed E-state index contributed by atoms with van der Waals surface area (Å²) in [5.74, 6) is 0.796. The molecule has 0 aromatic carbocycles. The molecule has 1 unspecified atom stereocenters. The van der Waals surface area contributed by atoms with E-state index >= 15 is 0 Å². The molecule has 0 aromatic heterocycles. The molecule has 0 saturated heterocycles. The fourth-order valence-electron chi connectivity index (χ4n) is 1.77. The second-order valence-electron chi connectivity index (χ2n) is 5.45. The van der Waals surface area contributed by atoms with Crippen LogP contribution in [0.15, 0.2) is 0 Å². The Morgan fingerprint density at radius 1 is 1.36 bits per heavy atom. The highest BCUT2D eigenvalue weighted by Gasteiger charge is 2.33. The maximum absolute atomic E-state index is 9.78. The van der Waals surface area contributed by atoms with Gasteiger partial charge in [0.1, 0.15) is 0 Å². The Bertz CT molecular complexity index is 182. The SMILES string of the molecule is CC1CC(N(C)C(O)OC(C)(C)C)C1. The van der Waals surface area contributed by atoms with E-state index in [-0.39, 0.29) is 5.60 Å². The highest BCUT2D eigenvalue weighted by Crippen LogP contribution is 2.31. The summed E-state index contributed by atoms with van der Waals surface area (Å²) in [6.45, 7) is 8.09. The normalized spacial score (nSPS) is 30.2. The number of aliphatic hydroxyl groups excluding tert-OH is 1. The van der Waals surface area contributed by atoms with Crippen molar-refractivity contribution in [1.82, 2.24) is 4.90 Å². The van der Waals surface area contributed by atoms with Gasteiger partial charge >= 0.3 is 0 Å². The first kappa shape index (κ1) is 12.0. The third kappa shape index (κ3) is 3.23. The zero-order chi connectivity index (χ0) is 10.9. The van der Waals surface area contributed by atoms with Crippen LogP contribution in [0.2, 0.25) is 0 Å². The molecule has 0 bridgehead atoms. The summed E-state index contributed by atoms with van der Waals surface area (Å²) in [6, 6.07) is 0.488. The highest BCUT2D eigenvalue weighted by atomic mass is 16.6. The summed E-state index contributed by atoms with van der Waals surface area (Å²) >= 11 is 0. The van der Waals surface area contributed by atoms with Crippen molar-refractivity contribution >= 4 is 0 Å². The minimum absolute atomic E-state index is 0.289. The third-order valence-electron chi connectivity index (χ3n) is 2.73. The molecule has 1 saturated carbocycles. The second kappa shape index (κ2) is 4.17. The van der Waals surface area contributed by atoms with Crippen LogP contribution in [0.3, 0.4) is 0 Å². The lowest BCUT2D eigenvalue weighted by atomic mass is 9.81. The fraction of sp³-hybridized carbons (Fsp3) is 1.00. The lowest BCUT2D eigenvalue weighted by Crippen LogP contribution is -2.49. The van der Waals surface area contributed by atoms with Crippen LogP contribution >= 0.6 is 0 Å². The van der Waals surface area contributed by atoms with Gasteiger partial charge in [0, 0.05) is 6.04 Å². The van der Waals surface area contributed by atoms with Gasteiger partial charge in [-0.3, -0.25) is 4.90 Å². The van der Waals surface area contributed by atoms with Gasteiger partial charge in [0.15, 0.2) is 0 Å². The average molecular weight is 201 g/mol. The van der Waals surface area contributed by atoms with Crippen LogP contribution in [0.5, 0.6) is 0 Å². The lowest BCUT2D eigenvalue weighted by molar-refractivity contribution is -0.248. The van der Waals surface area contributed by atoms with E-state index in [1.807, 2.05) is 32.7 Å². The van der Waals surface area contributed by atoms with Crippen LogP contribution < -0.4 is 0 Å². The van der Waals surface area contributed by atoms with Crippen molar-refractivity contribution in [1.29, 1.82) is 0 Å². The molecule has 3 nitrogen and oxygen atoms in total. The number of nitrogens with zero attached hydrogens (tertiary/aromatic N) is 1. The second-order valence-corrected chi connectivity index (χ2v) is 5.45. The molecule has 0 spiro atoms. The van der Waals surface area contributed by atoms with Crippen LogP contribution in [0.25, 0.3) is 0 Å². The highest BCUT2D eigenvalue weighted by molar-refractivity contribution is 4.83. The summed E-state index contributed by atoms with van der Waals surface area (Å²) in [6.07, 6.45) is 1.56. The predicted molar refractivity (Wildman–Crippen MR) is 56.8 cm³/mol.